The van der Waals surface area contributed by atoms with Crippen molar-refractivity contribution in [1.29, 1.82) is 0 Å². The average molecular weight is 270 g/mol. The second kappa shape index (κ2) is 6.24. The van der Waals surface area contributed by atoms with E-state index in [0.717, 1.165) is 12.1 Å². The lowest BCUT2D eigenvalue weighted by atomic mass is 10.1. The minimum Gasteiger partial charge on any atom is -0.383 e. The van der Waals surface area contributed by atoms with Crippen LogP contribution in [0.25, 0.3) is 0 Å². The van der Waals surface area contributed by atoms with Crippen LogP contribution in [0.5, 0.6) is 0 Å². The Morgan fingerprint density at radius 3 is 2.74 bits per heavy atom. The van der Waals surface area contributed by atoms with Crippen molar-refractivity contribution in [2.45, 2.75) is 19.9 Å². The molecule has 0 radical (unpaired) electrons. The van der Waals surface area contributed by atoms with Crippen LogP contribution in [0.3, 0.4) is 0 Å². The molecule has 0 aliphatic carbocycles. The molecule has 1 amide bonds. The first kappa shape index (κ1) is 15.0. The summed E-state index contributed by atoms with van der Waals surface area (Å²) in [6.07, 6.45) is 0. The molecule has 0 heterocycles. The van der Waals surface area contributed by atoms with Crippen molar-refractivity contribution in [2.75, 3.05) is 13.7 Å². The molecule has 0 bridgehead atoms. The normalized spacial score (nSPS) is 12.0. The van der Waals surface area contributed by atoms with Gasteiger partial charge in [0.2, 0.25) is 5.82 Å². The van der Waals surface area contributed by atoms with Crippen molar-refractivity contribution < 1.29 is 18.8 Å². The van der Waals surface area contributed by atoms with Gasteiger partial charge in [0.1, 0.15) is 0 Å². The molecule has 6 nitrogen and oxygen atoms in total. The number of hydrogen-bond acceptors (Lipinski definition) is 4. The van der Waals surface area contributed by atoms with Crippen LogP contribution >= 0.6 is 0 Å². The van der Waals surface area contributed by atoms with Crippen molar-refractivity contribution >= 4 is 11.6 Å². The van der Waals surface area contributed by atoms with Gasteiger partial charge in [-0.3, -0.25) is 14.9 Å². The van der Waals surface area contributed by atoms with Crippen LogP contribution in [0.1, 0.15) is 22.8 Å². The minimum absolute atomic E-state index is 0.0797. The minimum atomic E-state index is -0.955. The van der Waals surface area contributed by atoms with Gasteiger partial charge in [0.25, 0.3) is 5.91 Å². The number of ether oxygens (including phenoxy) is 1. The highest BCUT2D eigenvalue weighted by molar-refractivity contribution is 5.96. The number of carbonyl (C=O) groups excluding carboxylic acids is 1. The summed E-state index contributed by atoms with van der Waals surface area (Å²) in [6.45, 7) is 3.56. The van der Waals surface area contributed by atoms with Crippen molar-refractivity contribution in [3.8, 4) is 0 Å². The molecule has 1 aromatic carbocycles. The fourth-order valence-electron chi connectivity index (χ4n) is 1.64. The molecule has 1 unspecified atom stereocenters. The molecule has 0 aliphatic heterocycles. The van der Waals surface area contributed by atoms with Crippen LogP contribution < -0.4 is 5.32 Å². The quantitative estimate of drug-likeness (QED) is 0.653. The van der Waals surface area contributed by atoms with Gasteiger partial charge in [-0.2, -0.15) is 4.39 Å². The molecule has 0 aliphatic rings. The van der Waals surface area contributed by atoms with Crippen LogP contribution in [0, 0.1) is 22.9 Å². The summed E-state index contributed by atoms with van der Waals surface area (Å²) in [5.74, 6) is -1.45. The van der Waals surface area contributed by atoms with Gasteiger partial charge in [-0.25, -0.2) is 0 Å². The number of rotatable bonds is 5. The maximum absolute atomic E-state index is 13.3. The van der Waals surface area contributed by atoms with Crippen molar-refractivity contribution in [1.82, 2.24) is 5.32 Å². The Labute approximate surface area is 109 Å². The topological polar surface area (TPSA) is 81.5 Å². The maximum atomic E-state index is 13.3. The fourth-order valence-corrected chi connectivity index (χ4v) is 1.64. The number of nitro groups is 1. The van der Waals surface area contributed by atoms with Gasteiger partial charge >= 0.3 is 5.69 Å². The van der Waals surface area contributed by atoms with E-state index in [1.807, 2.05) is 0 Å². The number of amides is 1. The Balaban J connectivity index is 3.03. The Bertz CT molecular complexity index is 505. The summed E-state index contributed by atoms with van der Waals surface area (Å²) in [6, 6.07) is 1.68. The number of nitrogens with zero attached hydrogens (tertiary/aromatic N) is 1. The van der Waals surface area contributed by atoms with E-state index < -0.39 is 22.3 Å². The molecule has 0 aromatic heterocycles. The molecule has 0 spiro atoms. The monoisotopic (exact) mass is 270 g/mol. The first-order valence-electron chi connectivity index (χ1n) is 5.61. The van der Waals surface area contributed by atoms with Crippen LogP contribution in [0.4, 0.5) is 10.1 Å². The SMILES string of the molecule is COCC(C)NC(=O)c1cc([N+](=O)[O-])c(F)cc1C. The predicted molar refractivity (Wildman–Crippen MR) is 66.6 cm³/mol. The molecule has 0 fully saturated rings. The smallest absolute Gasteiger partial charge is 0.305 e. The van der Waals surface area contributed by atoms with Crippen molar-refractivity contribution in [3.63, 3.8) is 0 Å². The number of methoxy groups -OCH3 is 1. The van der Waals surface area contributed by atoms with Crippen molar-refractivity contribution in [2.24, 2.45) is 0 Å². The molecule has 104 valence electrons. The number of aryl methyl sites for hydroxylation is 1. The lowest BCUT2D eigenvalue weighted by Gasteiger charge is -2.13. The standard InChI is InChI=1S/C12H15FN2O4/c1-7-4-10(13)11(15(17)18)5-9(7)12(16)14-8(2)6-19-3/h4-5,8H,6H2,1-3H3,(H,14,16). The molecular weight excluding hydrogens is 255 g/mol. The maximum Gasteiger partial charge on any atom is 0.305 e. The van der Waals surface area contributed by atoms with E-state index in [4.69, 9.17) is 4.74 Å². The second-order valence-electron chi connectivity index (χ2n) is 4.21. The van der Waals surface area contributed by atoms with Gasteiger partial charge in [0.05, 0.1) is 11.5 Å². The third kappa shape index (κ3) is 3.72. The van der Waals surface area contributed by atoms with Gasteiger partial charge in [-0.1, -0.05) is 0 Å². The molecule has 1 aromatic rings. The molecule has 1 N–H and O–H groups in total. The number of nitro benzene ring substituents is 1. The van der Waals surface area contributed by atoms with E-state index in [9.17, 15) is 19.3 Å². The highest BCUT2D eigenvalue weighted by Gasteiger charge is 2.21. The highest BCUT2D eigenvalue weighted by atomic mass is 19.1. The largest absolute Gasteiger partial charge is 0.383 e. The van der Waals surface area contributed by atoms with E-state index in [2.05, 4.69) is 5.32 Å². The molecule has 1 atom stereocenters. The van der Waals surface area contributed by atoms with Gasteiger partial charge in [0.15, 0.2) is 0 Å². The molecule has 19 heavy (non-hydrogen) atoms. The lowest BCUT2D eigenvalue weighted by molar-refractivity contribution is -0.387. The van der Waals surface area contributed by atoms with E-state index in [1.165, 1.54) is 14.0 Å². The van der Waals surface area contributed by atoms with E-state index in [0.29, 0.717) is 12.2 Å². The first-order chi connectivity index (χ1) is 8.86. The number of halogens is 1. The number of carbonyl (C=O) groups is 1. The number of benzene rings is 1. The zero-order valence-electron chi connectivity index (χ0n) is 10.9. The predicted octanol–water partition coefficient (Wildman–Crippen LogP) is 1.81. The third-order valence-corrected chi connectivity index (χ3v) is 2.53. The van der Waals surface area contributed by atoms with E-state index >= 15 is 0 Å². The number of hydrogen-bond donors (Lipinski definition) is 1. The van der Waals surface area contributed by atoms with Crippen LogP contribution in [-0.4, -0.2) is 30.6 Å². The van der Waals surface area contributed by atoms with Crippen LogP contribution in [-0.2, 0) is 4.74 Å². The van der Waals surface area contributed by atoms with E-state index in [1.54, 1.807) is 6.92 Å². The Kier molecular flexibility index (Phi) is 4.94. The fraction of sp³-hybridized carbons (Fsp3) is 0.417. The summed E-state index contributed by atoms with van der Waals surface area (Å²) < 4.78 is 18.2. The summed E-state index contributed by atoms with van der Waals surface area (Å²) in [5.41, 5.74) is -0.295. The molecule has 0 saturated carbocycles. The Hall–Kier alpha value is -2.02. The van der Waals surface area contributed by atoms with E-state index in [-0.39, 0.29) is 11.6 Å². The second-order valence-corrected chi connectivity index (χ2v) is 4.21. The third-order valence-electron chi connectivity index (χ3n) is 2.53. The zero-order valence-corrected chi connectivity index (χ0v) is 10.9. The molecular formula is C12H15FN2O4. The summed E-state index contributed by atoms with van der Waals surface area (Å²) >= 11 is 0. The van der Waals surface area contributed by atoms with Crippen LogP contribution in [0.2, 0.25) is 0 Å². The van der Waals surface area contributed by atoms with Gasteiger partial charge in [-0.05, 0) is 25.5 Å². The molecule has 7 heteroatoms. The zero-order chi connectivity index (χ0) is 14.6. The lowest BCUT2D eigenvalue weighted by Crippen LogP contribution is -2.36. The number of nitrogens with one attached hydrogen (secondary N) is 1. The average Bonchev–Trinajstić information content (AvgIpc) is 2.28. The van der Waals surface area contributed by atoms with Crippen LogP contribution in [0.15, 0.2) is 12.1 Å². The first-order valence-corrected chi connectivity index (χ1v) is 5.61. The van der Waals surface area contributed by atoms with Crippen molar-refractivity contribution in [3.05, 3.63) is 39.2 Å². The summed E-state index contributed by atoms with van der Waals surface area (Å²) in [4.78, 5) is 21.7. The summed E-state index contributed by atoms with van der Waals surface area (Å²) in [7, 11) is 1.50. The highest BCUT2D eigenvalue weighted by Crippen LogP contribution is 2.22. The summed E-state index contributed by atoms with van der Waals surface area (Å²) in [5, 5.41) is 13.3. The Morgan fingerprint density at radius 2 is 2.21 bits per heavy atom. The van der Waals surface area contributed by atoms with Gasteiger partial charge in [0, 0.05) is 24.8 Å². The Morgan fingerprint density at radius 1 is 1.58 bits per heavy atom. The van der Waals surface area contributed by atoms with Gasteiger partial charge in [-0.15, -0.1) is 0 Å². The molecule has 1 rings (SSSR count). The van der Waals surface area contributed by atoms with Gasteiger partial charge < -0.3 is 10.1 Å². The molecule has 0 saturated heterocycles.